The lowest BCUT2D eigenvalue weighted by atomic mass is 10.1. The number of amides is 1. The first-order valence-corrected chi connectivity index (χ1v) is 9.72. The fraction of sp³-hybridized carbons (Fsp3) is 0.684. The molecule has 1 fully saturated rings. The molecule has 3 rings (SSSR count). The maximum absolute atomic E-state index is 11.4. The van der Waals surface area contributed by atoms with E-state index in [1.807, 2.05) is 4.68 Å². The van der Waals surface area contributed by atoms with Gasteiger partial charge in [0.05, 0.1) is 11.1 Å². The topological polar surface area (TPSA) is 75.9 Å². The number of rotatable bonds is 7. The van der Waals surface area contributed by atoms with Crippen LogP contribution in [0, 0.1) is 5.92 Å². The quantitative estimate of drug-likeness (QED) is 0.823. The van der Waals surface area contributed by atoms with Gasteiger partial charge in [-0.25, -0.2) is 14.6 Å². The van der Waals surface area contributed by atoms with E-state index < -0.39 is 0 Å². The number of nitrogens with one attached hydrogen (secondary N) is 1. The average molecular weight is 358 g/mol. The minimum atomic E-state index is 0.0255. The van der Waals surface area contributed by atoms with Gasteiger partial charge in [0, 0.05) is 32.6 Å². The standard InChI is InChI=1S/C19H30N6O/c1-5-6-8-25-19-17(16(23-25)10-13(2)3)18(20-12-21-19)24-9-7-15(11-24)22-14(4)26/h12-13,15H,5-11H2,1-4H3,(H,22,26). The fourth-order valence-corrected chi connectivity index (χ4v) is 3.66. The summed E-state index contributed by atoms with van der Waals surface area (Å²) in [6.07, 6.45) is 5.72. The zero-order valence-electron chi connectivity index (χ0n) is 16.3. The molecule has 0 radical (unpaired) electrons. The highest BCUT2D eigenvalue weighted by molar-refractivity contribution is 5.90. The largest absolute Gasteiger partial charge is 0.354 e. The molecule has 0 spiro atoms. The fourth-order valence-electron chi connectivity index (χ4n) is 3.66. The van der Waals surface area contributed by atoms with Gasteiger partial charge in [-0.1, -0.05) is 27.2 Å². The van der Waals surface area contributed by atoms with Crippen molar-refractivity contribution in [3.8, 4) is 0 Å². The van der Waals surface area contributed by atoms with Crippen LogP contribution in [-0.2, 0) is 17.8 Å². The Balaban J connectivity index is 1.97. The maximum atomic E-state index is 11.4. The van der Waals surface area contributed by atoms with Crippen LogP contribution in [0.3, 0.4) is 0 Å². The van der Waals surface area contributed by atoms with Crippen molar-refractivity contribution in [1.82, 2.24) is 25.1 Å². The number of hydrogen-bond acceptors (Lipinski definition) is 5. The Morgan fingerprint density at radius 2 is 2.19 bits per heavy atom. The van der Waals surface area contributed by atoms with Crippen molar-refractivity contribution in [2.75, 3.05) is 18.0 Å². The van der Waals surface area contributed by atoms with E-state index in [9.17, 15) is 4.79 Å². The molecule has 1 N–H and O–H groups in total. The van der Waals surface area contributed by atoms with Gasteiger partial charge in [0.15, 0.2) is 5.65 Å². The van der Waals surface area contributed by atoms with E-state index in [-0.39, 0.29) is 11.9 Å². The summed E-state index contributed by atoms with van der Waals surface area (Å²) in [6.45, 7) is 10.7. The Bertz CT molecular complexity index is 769. The Kier molecular flexibility index (Phi) is 5.74. The summed E-state index contributed by atoms with van der Waals surface area (Å²) in [5, 5.41) is 8.99. The van der Waals surface area contributed by atoms with Crippen LogP contribution < -0.4 is 10.2 Å². The zero-order chi connectivity index (χ0) is 18.7. The van der Waals surface area contributed by atoms with E-state index in [0.29, 0.717) is 5.92 Å². The molecule has 1 saturated heterocycles. The van der Waals surface area contributed by atoms with Crippen LogP contribution in [0.15, 0.2) is 6.33 Å². The molecule has 0 aliphatic carbocycles. The molecule has 2 aromatic heterocycles. The molecule has 0 saturated carbocycles. The second kappa shape index (κ2) is 8.01. The molecule has 142 valence electrons. The number of unbranched alkanes of at least 4 members (excludes halogenated alkanes) is 1. The minimum absolute atomic E-state index is 0.0255. The minimum Gasteiger partial charge on any atom is -0.354 e. The molecule has 1 unspecified atom stereocenters. The number of nitrogens with zero attached hydrogens (tertiary/aromatic N) is 5. The number of carbonyl (C=O) groups excluding carboxylic acids is 1. The molecule has 7 nitrogen and oxygen atoms in total. The van der Waals surface area contributed by atoms with Crippen LogP contribution in [0.1, 0.15) is 52.7 Å². The van der Waals surface area contributed by atoms with Crippen molar-refractivity contribution >= 4 is 22.8 Å². The van der Waals surface area contributed by atoms with E-state index in [1.54, 1.807) is 13.3 Å². The van der Waals surface area contributed by atoms with Crippen LogP contribution >= 0.6 is 0 Å². The Morgan fingerprint density at radius 3 is 2.88 bits per heavy atom. The molecule has 26 heavy (non-hydrogen) atoms. The first kappa shape index (κ1) is 18.6. The van der Waals surface area contributed by atoms with Gasteiger partial charge in [0.2, 0.25) is 5.91 Å². The van der Waals surface area contributed by atoms with Gasteiger partial charge in [0.1, 0.15) is 12.1 Å². The van der Waals surface area contributed by atoms with Crippen molar-refractivity contribution in [1.29, 1.82) is 0 Å². The summed E-state index contributed by atoms with van der Waals surface area (Å²) in [6, 6.07) is 0.182. The Hall–Kier alpha value is -2.18. The van der Waals surface area contributed by atoms with E-state index in [0.717, 1.165) is 67.9 Å². The summed E-state index contributed by atoms with van der Waals surface area (Å²) in [5.74, 6) is 1.50. The van der Waals surface area contributed by atoms with E-state index in [2.05, 4.69) is 41.0 Å². The maximum Gasteiger partial charge on any atom is 0.217 e. The first-order chi connectivity index (χ1) is 12.5. The summed E-state index contributed by atoms with van der Waals surface area (Å²) >= 11 is 0. The predicted octanol–water partition coefficient (Wildman–Crippen LogP) is 2.54. The lowest BCUT2D eigenvalue weighted by Gasteiger charge is -2.19. The van der Waals surface area contributed by atoms with E-state index in [1.165, 1.54) is 0 Å². The lowest BCUT2D eigenvalue weighted by molar-refractivity contribution is -0.119. The van der Waals surface area contributed by atoms with Crippen molar-refractivity contribution in [2.45, 2.75) is 66.0 Å². The molecular weight excluding hydrogens is 328 g/mol. The number of aromatic nitrogens is 4. The summed E-state index contributed by atoms with van der Waals surface area (Å²) in [7, 11) is 0. The van der Waals surface area contributed by atoms with Crippen LogP contribution in [0.25, 0.3) is 11.0 Å². The van der Waals surface area contributed by atoms with Gasteiger partial charge in [-0.15, -0.1) is 0 Å². The third-order valence-corrected chi connectivity index (χ3v) is 4.80. The number of carbonyl (C=O) groups is 1. The third kappa shape index (κ3) is 3.97. The first-order valence-electron chi connectivity index (χ1n) is 9.72. The molecule has 3 heterocycles. The van der Waals surface area contributed by atoms with Crippen LogP contribution in [0.4, 0.5) is 5.82 Å². The normalized spacial score (nSPS) is 17.4. The summed E-state index contributed by atoms with van der Waals surface area (Å²) in [4.78, 5) is 22.8. The van der Waals surface area contributed by atoms with Crippen LogP contribution in [0.2, 0.25) is 0 Å². The molecular formula is C19H30N6O. The van der Waals surface area contributed by atoms with Crippen LogP contribution in [-0.4, -0.2) is 44.8 Å². The molecule has 2 aromatic rings. The van der Waals surface area contributed by atoms with Gasteiger partial charge in [0.25, 0.3) is 0 Å². The molecule has 0 aromatic carbocycles. The predicted molar refractivity (Wildman–Crippen MR) is 103 cm³/mol. The molecule has 0 bridgehead atoms. The SMILES string of the molecule is CCCCn1nc(CC(C)C)c2c(N3CCC(NC(C)=O)C3)ncnc21. The second-order valence-corrected chi connectivity index (χ2v) is 7.65. The number of aryl methyl sites for hydroxylation is 1. The zero-order valence-corrected chi connectivity index (χ0v) is 16.3. The van der Waals surface area contributed by atoms with E-state index in [4.69, 9.17) is 5.10 Å². The Morgan fingerprint density at radius 1 is 1.38 bits per heavy atom. The number of fused-ring (bicyclic) bond motifs is 1. The lowest BCUT2D eigenvalue weighted by Crippen LogP contribution is -2.35. The van der Waals surface area contributed by atoms with Gasteiger partial charge in [-0.3, -0.25) is 4.79 Å². The highest BCUT2D eigenvalue weighted by atomic mass is 16.1. The van der Waals surface area contributed by atoms with Gasteiger partial charge < -0.3 is 10.2 Å². The molecule has 7 heteroatoms. The van der Waals surface area contributed by atoms with E-state index >= 15 is 0 Å². The van der Waals surface area contributed by atoms with Gasteiger partial charge in [-0.05, 0) is 25.2 Å². The molecule has 1 atom stereocenters. The molecule has 1 aliphatic heterocycles. The van der Waals surface area contributed by atoms with Crippen molar-refractivity contribution in [2.24, 2.45) is 5.92 Å². The summed E-state index contributed by atoms with van der Waals surface area (Å²) in [5.41, 5.74) is 2.02. The molecule has 1 amide bonds. The highest BCUT2D eigenvalue weighted by Gasteiger charge is 2.27. The number of anilines is 1. The van der Waals surface area contributed by atoms with Gasteiger partial charge in [-0.2, -0.15) is 5.10 Å². The van der Waals surface area contributed by atoms with Crippen molar-refractivity contribution in [3.63, 3.8) is 0 Å². The van der Waals surface area contributed by atoms with Gasteiger partial charge >= 0.3 is 0 Å². The third-order valence-electron chi connectivity index (χ3n) is 4.80. The highest BCUT2D eigenvalue weighted by Crippen LogP contribution is 2.30. The van der Waals surface area contributed by atoms with Crippen molar-refractivity contribution < 1.29 is 4.79 Å². The average Bonchev–Trinajstić information content (AvgIpc) is 3.17. The monoisotopic (exact) mass is 358 g/mol. The summed E-state index contributed by atoms with van der Waals surface area (Å²) < 4.78 is 2.04. The van der Waals surface area contributed by atoms with Crippen molar-refractivity contribution in [3.05, 3.63) is 12.0 Å². The Labute approximate surface area is 155 Å². The number of hydrogen-bond donors (Lipinski definition) is 1. The van der Waals surface area contributed by atoms with Crippen LogP contribution in [0.5, 0.6) is 0 Å². The second-order valence-electron chi connectivity index (χ2n) is 7.65. The molecule has 1 aliphatic rings. The smallest absolute Gasteiger partial charge is 0.217 e.